The summed E-state index contributed by atoms with van der Waals surface area (Å²) in [5, 5.41) is 26.9. The summed E-state index contributed by atoms with van der Waals surface area (Å²) in [6, 6.07) is 12.0. The zero-order valence-electron chi connectivity index (χ0n) is 24.2. The third-order valence-corrected chi connectivity index (χ3v) is 5.47. The van der Waals surface area contributed by atoms with Crippen LogP contribution in [0.5, 0.6) is 0 Å². The molecule has 14 nitrogen and oxygen atoms in total. The third kappa shape index (κ3) is 9.27. The van der Waals surface area contributed by atoms with Gasteiger partial charge in [0.2, 0.25) is 17.6 Å². The number of alkyl halides is 4. The number of nitrogens with two attached hydrogens (primary N) is 1. The van der Waals surface area contributed by atoms with Crippen LogP contribution in [-0.4, -0.2) is 39.8 Å². The molecule has 20 heteroatoms. The lowest BCUT2D eigenvalue weighted by atomic mass is 10.2. The maximum atomic E-state index is 12.8. The number of carbonyl (C=O) groups excluding carboxylic acids is 2. The van der Waals surface area contributed by atoms with E-state index in [9.17, 15) is 36.7 Å². The van der Waals surface area contributed by atoms with Gasteiger partial charge in [0.1, 0.15) is 0 Å². The van der Waals surface area contributed by atoms with Gasteiger partial charge in [0.05, 0.1) is 52.9 Å². The van der Waals surface area contributed by atoms with Crippen molar-refractivity contribution in [2.24, 2.45) is 14.1 Å². The normalized spacial score (nSPS) is 10.0. The van der Waals surface area contributed by atoms with Crippen LogP contribution in [0, 0.1) is 34.3 Å². The first-order valence-corrected chi connectivity index (χ1v) is 12.6. The van der Waals surface area contributed by atoms with Gasteiger partial charge in [-0.1, -0.05) is 0 Å². The summed E-state index contributed by atoms with van der Waals surface area (Å²) in [6.07, 6.45) is -5.78. The van der Waals surface area contributed by atoms with Crippen LogP contribution in [0.4, 0.5) is 28.9 Å². The molecule has 0 aliphatic carbocycles. The molecule has 0 bridgehead atoms. The standard InChI is InChI=1S/C13H11F2N5O2.C11H9F2N5O.C2H4ClO.ClH/c1-7(21)17-9-5-8(6-16)3-4-10(9)20-13(22)19(2)12(18-20)11(14)15;1-17-10(9(12)13)16-18(11(17)19)8-3-2-6(5-14)4-7(8)15;1-2(3)4;/h3-5,11H,1-2H3,(H,17,21);2-4,9H,15H2,1H3;3H,1H3;1H/q;;+1;/p-1. The Hall–Kier alpha value is -5.46. The van der Waals surface area contributed by atoms with E-state index in [2.05, 4.69) is 27.1 Å². The Morgan fingerprint density at radius 2 is 1.24 bits per heavy atom. The number of hydrogen-bond acceptors (Lipinski definition) is 9. The zero-order valence-corrected chi connectivity index (χ0v) is 25.8. The number of benzene rings is 2. The topological polar surface area (TPSA) is 199 Å². The SMILES string of the molecule is CC(=O)Nc1cc(C#N)ccc1-n1nc(C(F)F)n(C)c1=O.CC(=O)[ClH+].Cn1c(C(F)F)nn(-c2ccc(C#N)cc2N)c1=O.[Cl-]. The molecular weight excluding hydrogens is 663 g/mol. The molecule has 0 atom stereocenters. The smallest absolute Gasteiger partial charge is 0.396 e. The number of nitrogens with zero attached hydrogens (tertiary/aromatic N) is 8. The van der Waals surface area contributed by atoms with Gasteiger partial charge in [-0.2, -0.15) is 19.9 Å². The summed E-state index contributed by atoms with van der Waals surface area (Å²) in [5.74, 6) is -1.77. The van der Waals surface area contributed by atoms with Crippen LogP contribution < -0.4 is 34.8 Å². The molecule has 4 rings (SSSR count). The lowest BCUT2D eigenvalue weighted by Gasteiger charge is -2.09. The number of halogens is 6. The van der Waals surface area contributed by atoms with Crippen molar-refractivity contribution >= 4 is 22.5 Å². The van der Waals surface area contributed by atoms with Crippen molar-refractivity contribution in [2.45, 2.75) is 26.7 Å². The summed E-state index contributed by atoms with van der Waals surface area (Å²) < 4.78 is 54.0. The van der Waals surface area contributed by atoms with Crippen LogP contribution in [0.25, 0.3) is 11.4 Å². The van der Waals surface area contributed by atoms with Crippen molar-refractivity contribution in [2.75, 3.05) is 11.1 Å². The van der Waals surface area contributed by atoms with Crippen LogP contribution in [0.15, 0.2) is 46.0 Å². The van der Waals surface area contributed by atoms with Gasteiger partial charge >= 0.3 is 16.6 Å². The second-order valence-corrected chi connectivity index (χ2v) is 9.30. The van der Waals surface area contributed by atoms with Crippen LogP contribution >= 0.6 is 0 Å². The largest absolute Gasteiger partial charge is 1.00 e. The maximum absolute atomic E-state index is 12.8. The predicted molar refractivity (Wildman–Crippen MR) is 148 cm³/mol. The van der Waals surface area contributed by atoms with E-state index in [-0.39, 0.29) is 46.0 Å². The number of amides is 1. The fourth-order valence-corrected chi connectivity index (χ4v) is 3.50. The first-order valence-electron chi connectivity index (χ1n) is 12.2. The molecule has 0 unspecified atom stereocenters. The molecule has 0 fully saturated rings. The minimum atomic E-state index is -2.92. The fourth-order valence-electron chi connectivity index (χ4n) is 3.50. The molecule has 0 saturated carbocycles. The molecule has 1 amide bonds. The van der Waals surface area contributed by atoms with E-state index in [1.807, 2.05) is 12.1 Å². The van der Waals surface area contributed by atoms with Gasteiger partial charge in [-0.05, 0) is 36.4 Å². The summed E-state index contributed by atoms with van der Waals surface area (Å²) in [5.41, 5.74) is 5.22. The van der Waals surface area contributed by atoms with Crippen LogP contribution in [-0.2, 0) is 23.7 Å². The maximum Gasteiger partial charge on any atom is 0.396 e. The Balaban J connectivity index is 0.000000407. The lowest BCUT2D eigenvalue weighted by Crippen LogP contribution is -3.00. The molecule has 0 spiro atoms. The Kier molecular flexibility index (Phi) is 13.9. The van der Waals surface area contributed by atoms with Gasteiger partial charge in [-0.15, -0.1) is 10.2 Å². The summed E-state index contributed by atoms with van der Waals surface area (Å²) in [7, 11) is 2.38. The van der Waals surface area contributed by atoms with Crippen molar-refractivity contribution in [1.29, 1.82) is 10.5 Å². The monoisotopic (exact) mass is 686 g/mol. The van der Waals surface area contributed by atoms with Gasteiger partial charge in [0.25, 0.3) is 12.9 Å². The number of anilines is 2. The van der Waals surface area contributed by atoms with Crippen LogP contribution in [0.3, 0.4) is 0 Å². The average molecular weight is 687 g/mol. The van der Waals surface area contributed by atoms with E-state index >= 15 is 0 Å². The molecule has 0 saturated heterocycles. The highest BCUT2D eigenvalue weighted by Crippen LogP contribution is 2.22. The summed E-state index contributed by atoms with van der Waals surface area (Å²) in [6.45, 7) is 2.59. The highest BCUT2D eigenvalue weighted by Gasteiger charge is 2.22. The van der Waals surface area contributed by atoms with Crippen LogP contribution in [0.2, 0.25) is 0 Å². The second kappa shape index (κ2) is 16.6. The van der Waals surface area contributed by atoms with Crippen molar-refractivity contribution in [3.8, 4) is 23.5 Å². The summed E-state index contributed by atoms with van der Waals surface area (Å²) >= 11 is 3.98. The van der Waals surface area contributed by atoms with Gasteiger partial charge in [0, 0.05) is 21.0 Å². The Morgan fingerprint density at radius 1 is 0.848 bits per heavy atom. The molecule has 2 aromatic heterocycles. The van der Waals surface area contributed by atoms with Crippen molar-refractivity contribution in [1.82, 2.24) is 28.7 Å². The minimum Gasteiger partial charge on any atom is -1.00 e. The van der Waals surface area contributed by atoms with Gasteiger partial charge in [0.15, 0.2) is 11.6 Å². The zero-order chi connectivity index (χ0) is 34.2. The molecule has 2 heterocycles. The predicted octanol–water partition coefficient (Wildman–Crippen LogP) is -0.880. The van der Waals surface area contributed by atoms with E-state index in [1.54, 1.807) is 0 Å². The highest BCUT2D eigenvalue weighted by atomic mass is 35.5. The Bertz CT molecular complexity index is 1930. The Morgan fingerprint density at radius 3 is 1.59 bits per heavy atom. The number of nitriles is 2. The Labute approximate surface area is 268 Å². The van der Waals surface area contributed by atoms with E-state index in [1.165, 1.54) is 64.3 Å². The minimum absolute atomic E-state index is 0. The van der Waals surface area contributed by atoms with E-state index in [4.69, 9.17) is 16.3 Å². The molecule has 244 valence electrons. The van der Waals surface area contributed by atoms with E-state index in [0.29, 0.717) is 5.56 Å². The number of carbonyl (C=O) groups is 2. The second-order valence-electron chi connectivity index (χ2n) is 8.73. The molecule has 0 aliphatic rings. The van der Waals surface area contributed by atoms with Crippen molar-refractivity contribution in [3.05, 3.63) is 80.1 Å². The molecule has 2 aromatic carbocycles. The molecule has 0 radical (unpaired) electrons. The first-order chi connectivity index (χ1) is 21.0. The molecule has 3 N–H and O–H groups in total. The summed E-state index contributed by atoms with van der Waals surface area (Å²) in [4.78, 5) is 44.3. The lowest BCUT2D eigenvalue weighted by molar-refractivity contribution is -0.302. The van der Waals surface area contributed by atoms with Gasteiger partial charge < -0.3 is 23.5 Å². The number of nitrogens with one attached hydrogen (secondary N) is 1. The number of nitrogen functional groups attached to an aromatic ring is 1. The van der Waals surface area contributed by atoms with E-state index in [0.717, 1.165) is 18.5 Å². The third-order valence-electron chi connectivity index (χ3n) is 5.47. The number of rotatable bonds is 5. The fraction of sp³-hybridized carbons (Fsp3) is 0.231. The molecule has 4 aromatic rings. The van der Waals surface area contributed by atoms with Gasteiger partial charge in [-0.3, -0.25) is 13.9 Å². The number of aromatic nitrogens is 6. The van der Waals surface area contributed by atoms with Crippen LogP contribution in [0.1, 0.15) is 49.5 Å². The molecule has 0 aliphatic heterocycles. The van der Waals surface area contributed by atoms with Crippen molar-refractivity contribution < 1.29 is 51.2 Å². The quantitative estimate of drug-likeness (QED) is 0.152. The number of hydrogen-bond donors (Lipinski definition) is 2. The average Bonchev–Trinajstić information content (AvgIpc) is 3.43. The van der Waals surface area contributed by atoms with Crippen molar-refractivity contribution in [3.63, 3.8) is 0 Å². The van der Waals surface area contributed by atoms with E-state index < -0.39 is 41.8 Å². The molecule has 46 heavy (non-hydrogen) atoms. The highest BCUT2D eigenvalue weighted by molar-refractivity contribution is 5.91. The first kappa shape index (κ1) is 38.6. The van der Waals surface area contributed by atoms with Gasteiger partial charge in [-0.25, -0.2) is 31.9 Å². The molecular formula is C26H24Cl2F4N10O4.